The van der Waals surface area contributed by atoms with Gasteiger partial charge in [0.15, 0.2) is 0 Å². The molecule has 0 amide bonds. The summed E-state index contributed by atoms with van der Waals surface area (Å²) in [6.45, 7) is 6.54. The average Bonchev–Trinajstić information content (AvgIpc) is 2.52. The highest BCUT2D eigenvalue weighted by molar-refractivity contribution is 5.69. The molecule has 0 N–H and O–H groups in total. The maximum absolute atomic E-state index is 11.5. The molecule has 124 valence electrons. The largest absolute Gasteiger partial charge is 0.469 e. The lowest BCUT2D eigenvalue weighted by molar-refractivity contribution is -0.423. The van der Waals surface area contributed by atoms with E-state index in [0.717, 1.165) is 25.7 Å². The Balaban J connectivity index is 2.56. The van der Waals surface area contributed by atoms with Crippen molar-refractivity contribution in [1.82, 2.24) is 0 Å². The van der Waals surface area contributed by atoms with Gasteiger partial charge in [-0.2, -0.15) is 0 Å². The maximum atomic E-state index is 11.5. The van der Waals surface area contributed by atoms with Crippen molar-refractivity contribution in [2.75, 3.05) is 7.11 Å². The van der Waals surface area contributed by atoms with Gasteiger partial charge in [-0.3, -0.25) is 4.79 Å². The Morgan fingerprint density at radius 1 is 1.24 bits per heavy atom. The van der Waals surface area contributed by atoms with Crippen molar-refractivity contribution >= 4 is 5.97 Å². The van der Waals surface area contributed by atoms with E-state index in [9.17, 15) is 4.79 Å². The summed E-state index contributed by atoms with van der Waals surface area (Å²) in [6, 6.07) is 0. The average molecular weight is 300 g/mol. The molecule has 3 atom stereocenters. The molecular formula is C17H32O4. The predicted octanol–water partition coefficient (Wildman–Crippen LogP) is 4.42. The van der Waals surface area contributed by atoms with Gasteiger partial charge in [0.25, 0.3) is 0 Å². The Morgan fingerprint density at radius 2 is 2.00 bits per heavy atom. The summed E-state index contributed by atoms with van der Waals surface area (Å²) in [7, 11) is 1.41. The van der Waals surface area contributed by atoms with Gasteiger partial charge >= 0.3 is 5.97 Å². The number of rotatable bonds is 9. The van der Waals surface area contributed by atoms with E-state index in [-0.39, 0.29) is 24.1 Å². The molecule has 0 aromatic heterocycles. The molecule has 0 spiro atoms. The van der Waals surface area contributed by atoms with Crippen LogP contribution in [0, 0.1) is 5.92 Å². The van der Waals surface area contributed by atoms with Crippen molar-refractivity contribution in [2.24, 2.45) is 5.92 Å². The molecule has 0 saturated carbocycles. The molecule has 21 heavy (non-hydrogen) atoms. The second-order valence-corrected chi connectivity index (χ2v) is 6.22. The first-order chi connectivity index (χ1) is 10.1. The number of methoxy groups -OCH3 is 1. The molecule has 0 aromatic carbocycles. The lowest BCUT2D eigenvalue weighted by Crippen LogP contribution is -2.45. The minimum atomic E-state index is -0.228. The zero-order valence-electron chi connectivity index (χ0n) is 14.2. The highest BCUT2D eigenvalue weighted by Crippen LogP contribution is 2.40. The molecule has 1 saturated heterocycles. The quantitative estimate of drug-likeness (QED) is 0.359. The number of hydrogen-bond donors (Lipinski definition) is 0. The van der Waals surface area contributed by atoms with Crippen molar-refractivity contribution in [2.45, 2.75) is 90.3 Å². The number of ether oxygens (including phenoxy) is 1. The first-order valence-electron chi connectivity index (χ1n) is 8.52. The Labute approximate surface area is 129 Å². The van der Waals surface area contributed by atoms with Gasteiger partial charge in [-0.05, 0) is 25.2 Å². The molecule has 0 aliphatic carbocycles. The molecule has 1 aliphatic heterocycles. The molecule has 1 rings (SSSR count). The van der Waals surface area contributed by atoms with Crippen LogP contribution in [0.4, 0.5) is 0 Å². The molecule has 1 fully saturated rings. The summed E-state index contributed by atoms with van der Waals surface area (Å²) in [4.78, 5) is 22.9. The molecule has 0 bridgehead atoms. The van der Waals surface area contributed by atoms with Gasteiger partial charge in [-0.25, -0.2) is 9.78 Å². The molecule has 0 unspecified atom stereocenters. The van der Waals surface area contributed by atoms with Crippen molar-refractivity contribution in [3.05, 3.63) is 0 Å². The smallest absolute Gasteiger partial charge is 0.308 e. The minimum Gasteiger partial charge on any atom is -0.469 e. The SMILES string of the molecule is CCCCCC[C@]1(CC)C[C@H](CC)[C@H](CC(=O)OC)OO1. The lowest BCUT2D eigenvalue weighted by atomic mass is 9.79. The number of unbranched alkanes of at least 4 members (excludes halogenated alkanes) is 3. The van der Waals surface area contributed by atoms with Crippen LogP contribution in [0.1, 0.15) is 78.6 Å². The summed E-state index contributed by atoms with van der Waals surface area (Å²) in [5.41, 5.74) is -0.166. The first kappa shape index (κ1) is 18.4. The Bertz CT molecular complexity index is 305. The molecule has 0 aromatic rings. The van der Waals surface area contributed by atoms with Crippen LogP contribution in [-0.4, -0.2) is 24.8 Å². The molecule has 1 heterocycles. The molecular weight excluding hydrogens is 268 g/mol. The van der Waals surface area contributed by atoms with Crippen molar-refractivity contribution in [3.8, 4) is 0 Å². The summed E-state index contributed by atoms with van der Waals surface area (Å²) < 4.78 is 4.74. The summed E-state index contributed by atoms with van der Waals surface area (Å²) in [5, 5.41) is 0. The van der Waals surface area contributed by atoms with Crippen LogP contribution in [0.15, 0.2) is 0 Å². The third kappa shape index (κ3) is 5.59. The van der Waals surface area contributed by atoms with Crippen molar-refractivity contribution < 1.29 is 19.3 Å². The van der Waals surface area contributed by atoms with E-state index in [2.05, 4.69) is 20.8 Å². The van der Waals surface area contributed by atoms with Crippen LogP contribution in [0.2, 0.25) is 0 Å². The van der Waals surface area contributed by atoms with Crippen LogP contribution < -0.4 is 0 Å². The molecule has 4 nitrogen and oxygen atoms in total. The van der Waals surface area contributed by atoms with Gasteiger partial charge in [0, 0.05) is 0 Å². The van der Waals surface area contributed by atoms with Gasteiger partial charge in [-0.15, -0.1) is 0 Å². The molecule has 1 aliphatic rings. The van der Waals surface area contributed by atoms with Crippen molar-refractivity contribution in [1.29, 1.82) is 0 Å². The standard InChI is InChI=1S/C17H32O4/c1-5-8-9-10-11-17(7-3)13-14(6-2)15(20-21-17)12-16(18)19-4/h14-15H,5-13H2,1-4H3/t14-,15-,17+/m0/s1. The fraction of sp³-hybridized carbons (Fsp3) is 0.941. The van der Waals surface area contributed by atoms with Crippen LogP contribution in [0.3, 0.4) is 0 Å². The summed E-state index contributed by atoms with van der Waals surface area (Å²) in [6.07, 6.45) is 9.06. The zero-order chi connectivity index (χ0) is 15.7. The van der Waals surface area contributed by atoms with E-state index in [1.165, 1.54) is 32.8 Å². The topological polar surface area (TPSA) is 44.8 Å². The van der Waals surface area contributed by atoms with E-state index in [1.807, 2.05) is 0 Å². The van der Waals surface area contributed by atoms with Gasteiger partial charge < -0.3 is 4.74 Å². The van der Waals surface area contributed by atoms with E-state index < -0.39 is 0 Å². The van der Waals surface area contributed by atoms with E-state index >= 15 is 0 Å². The fourth-order valence-electron chi connectivity index (χ4n) is 3.14. The number of carbonyl (C=O) groups is 1. The Morgan fingerprint density at radius 3 is 2.57 bits per heavy atom. The van der Waals surface area contributed by atoms with Crippen LogP contribution in [0.25, 0.3) is 0 Å². The maximum Gasteiger partial charge on any atom is 0.308 e. The highest BCUT2D eigenvalue weighted by atomic mass is 17.2. The Kier molecular flexibility index (Phi) is 8.27. The minimum absolute atomic E-state index is 0.166. The monoisotopic (exact) mass is 300 g/mol. The number of esters is 1. The van der Waals surface area contributed by atoms with E-state index in [4.69, 9.17) is 14.5 Å². The molecule has 0 radical (unpaired) electrons. The lowest BCUT2D eigenvalue weighted by Gasteiger charge is -2.42. The number of hydrogen-bond acceptors (Lipinski definition) is 4. The molecule has 4 heteroatoms. The summed E-state index contributed by atoms with van der Waals surface area (Å²) in [5.74, 6) is 0.137. The second kappa shape index (κ2) is 9.42. The van der Waals surface area contributed by atoms with Crippen LogP contribution in [0.5, 0.6) is 0 Å². The third-order valence-corrected chi connectivity index (χ3v) is 4.76. The van der Waals surface area contributed by atoms with E-state index in [0.29, 0.717) is 5.92 Å². The first-order valence-corrected chi connectivity index (χ1v) is 8.52. The van der Waals surface area contributed by atoms with Crippen molar-refractivity contribution in [3.63, 3.8) is 0 Å². The summed E-state index contributed by atoms with van der Waals surface area (Å²) >= 11 is 0. The van der Waals surface area contributed by atoms with Crippen LogP contribution >= 0.6 is 0 Å². The van der Waals surface area contributed by atoms with Gasteiger partial charge in [0.05, 0.1) is 13.5 Å². The third-order valence-electron chi connectivity index (χ3n) is 4.76. The second-order valence-electron chi connectivity index (χ2n) is 6.22. The zero-order valence-corrected chi connectivity index (χ0v) is 14.2. The van der Waals surface area contributed by atoms with Gasteiger partial charge in [0.1, 0.15) is 11.7 Å². The highest BCUT2D eigenvalue weighted by Gasteiger charge is 2.42. The van der Waals surface area contributed by atoms with E-state index in [1.54, 1.807) is 0 Å². The van der Waals surface area contributed by atoms with Gasteiger partial charge in [-0.1, -0.05) is 52.9 Å². The number of carbonyl (C=O) groups excluding carboxylic acids is 1. The van der Waals surface area contributed by atoms with Crippen LogP contribution in [-0.2, 0) is 19.3 Å². The predicted molar refractivity (Wildman–Crippen MR) is 82.8 cm³/mol. The fourth-order valence-corrected chi connectivity index (χ4v) is 3.14. The Hall–Kier alpha value is -0.610. The normalized spacial score (nSPS) is 29.3. The van der Waals surface area contributed by atoms with Gasteiger partial charge in [0.2, 0.25) is 0 Å².